The second kappa shape index (κ2) is 13.5. The van der Waals surface area contributed by atoms with E-state index in [0.29, 0.717) is 32.2 Å². The molecule has 0 radical (unpaired) electrons. The van der Waals surface area contributed by atoms with Crippen molar-refractivity contribution < 1.29 is 9.53 Å². The van der Waals surface area contributed by atoms with Gasteiger partial charge in [0.15, 0.2) is 0 Å². The average molecular weight is 566 g/mol. The number of nitrogens with zero attached hydrogens (tertiary/aromatic N) is 7. The van der Waals surface area contributed by atoms with Gasteiger partial charge in [0.1, 0.15) is 5.82 Å². The van der Waals surface area contributed by atoms with E-state index in [-0.39, 0.29) is 18.4 Å². The Morgan fingerprint density at radius 2 is 1.81 bits per heavy atom. The first-order valence-electron chi connectivity index (χ1n) is 14.7. The molecule has 9 nitrogen and oxygen atoms in total. The number of aromatic nitrogens is 2. The van der Waals surface area contributed by atoms with E-state index in [1.54, 1.807) is 18.9 Å². The van der Waals surface area contributed by atoms with Crippen molar-refractivity contribution in [3.63, 3.8) is 0 Å². The minimum atomic E-state index is -0.246. The van der Waals surface area contributed by atoms with E-state index in [4.69, 9.17) is 14.7 Å². The highest BCUT2D eigenvalue weighted by Crippen LogP contribution is 2.34. The Bertz CT molecular complexity index is 1510. The van der Waals surface area contributed by atoms with Crippen molar-refractivity contribution in [1.29, 1.82) is 5.26 Å². The maximum Gasteiger partial charge on any atom is 0.318 e. The summed E-state index contributed by atoms with van der Waals surface area (Å²) in [4.78, 5) is 30.6. The van der Waals surface area contributed by atoms with Gasteiger partial charge in [0.2, 0.25) is 0 Å². The van der Waals surface area contributed by atoms with Gasteiger partial charge in [-0.05, 0) is 63.7 Å². The predicted molar refractivity (Wildman–Crippen MR) is 165 cm³/mol. The molecule has 218 valence electrons. The predicted octanol–water partition coefficient (Wildman–Crippen LogP) is 3.87. The summed E-state index contributed by atoms with van der Waals surface area (Å²) in [7, 11) is 3.75. The number of methoxy groups -OCH3 is 1. The molecule has 1 amide bonds. The van der Waals surface area contributed by atoms with Crippen LogP contribution < -0.4 is 14.5 Å². The third kappa shape index (κ3) is 6.42. The summed E-state index contributed by atoms with van der Waals surface area (Å²) in [5, 5.41) is 11.8. The number of piperazine rings is 1. The van der Waals surface area contributed by atoms with Crippen LogP contribution in [0.15, 0.2) is 42.5 Å². The Balaban J connectivity index is 0.000000524. The van der Waals surface area contributed by atoms with Gasteiger partial charge in [-0.3, -0.25) is 4.79 Å². The monoisotopic (exact) mass is 565 g/mol. The minimum Gasteiger partial charge on any atom is -0.467 e. The highest BCUT2D eigenvalue weighted by atomic mass is 16.5. The number of carbonyl (C=O) groups is 1. The standard InChI is InChI=1S/C28H28N6O2.C5H11N/c1-3-7-26(35)34-17-16-33(18-21(34)12-14-29)27-23-13-15-32(19-24(23)30-28(31-27)36-2)25-11-6-9-20-8-4-5-10-22(20)25;1-6-4-2-3-5-6/h4-6,8-11,21H,12-13,15-19H2,1-2H3;2-5H2,1H3. The lowest BCUT2D eigenvalue weighted by Gasteiger charge is -2.41. The molecule has 0 spiro atoms. The molecule has 3 aliphatic rings. The van der Waals surface area contributed by atoms with Crippen LogP contribution in [0.25, 0.3) is 10.8 Å². The normalized spacial score (nSPS) is 18.3. The lowest BCUT2D eigenvalue weighted by atomic mass is 10.0. The lowest BCUT2D eigenvalue weighted by molar-refractivity contribution is -0.127. The number of benzene rings is 2. The van der Waals surface area contributed by atoms with Crippen LogP contribution in [-0.2, 0) is 17.8 Å². The second-order valence-corrected chi connectivity index (χ2v) is 11.0. The van der Waals surface area contributed by atoms with E-state index in [9.17, 15) is 10.1 Å². The number of anilines is 2. The molecule has 0 saturated carbocycles. The van der Waals surface area contributed by atoms with Gasteiger partial charge in [-0.2, -0.15) is 15.2 Å². The summed E-state index contributed by atoms with van der Waals surface area (Å²) < 4.78 is 5.49. The largest absolute Gasteiger partial charge is 0.467 e. The van der Waals surface area contributed by atoms with E-state index >= 15 is 0 Å². The molecule has 1 aromatic heterocycles. The second-order valence-electron chi connectivity index (χ2n) is 11.0. The summed E-state index contributed by atoms with van der Waals surface area (Å²) in [5.41, 5.74) is 3.25. The third-order valence-electron chi connectivity index (χ3n) is 8.24. The Labute approximate surface area is 248 Å². The number of rotatable bonds is 4. The summed E-state index contributed by atoms with van der Waals surface area (Å²) in [6.45, 7) is 7.40. The van der Waals surface area contributed by atoms with Gasteiger partial charge in [0.05, 0.1) is 37.9 Å². The topological polar surface area (TPSA) is 88.8 Å². The van der Waals surface area contributed by atoms with Gasteiger partial charge in [-0.1, -0.05) is 42.3 Å². The van der Waals surface area contributed by atoms with Crippen LogP contribution in [0.3, 0.4) is 0 Å². The molecule has 9 heteroatoms. The van der Waals surface area contributed by atoms with E-state index in [1.807, 2.05) is 0 Å². The van der Waals surface area contributed by atoms with Crippen LogP contribution in [0.1, 0.15) is 37.4 Å². The summed E-state index contributed by atoms with van der Waals surface area (Å²) >= 11 is 0. The number of amides is 1. The minimum absolute atomic E-state index is 0.231. The molecule has 0 bridgehead atoms. The highest BCUT2D eigenvalue weighted by Gasteiger charge is 2.33. The van der Waals surface area contributed by atoms with Gasteiger partial charge in [0, 0.05) is 42.8 Å². The summed E-state index contributed by atoms with van der Waals surface area (Å²) in [6.07, 6.45) is 3.86. The molecule has 3 aliphatic heterocycles. The van der Waals surface area contributed by atoms with E-state index < -0.39 is 0 Å². The summed E-state index contributed by atoms with van der Waals surface area (Å²) in [5.74, 6) is 5.90. The van der Waals surface area contributed by atoms with Gasteiger partial charge in [0.25, 0.3) is 5.91 Å². The zero-order valence-electron chi connectivity index (χ0n) is 24.8. The Hall–Kier alpha value is -4.34. The fraction of sp³-hybridized carbons (Fsp3) is 0.455. The van der Waals surface area contributed by atoms with Crippen molar-refractivity contribution >= 4 is 28.2 Å². The van der Waals surface area contributed by atoms with Gasteiger partial charge in [-0.25, -0.2) is 0 Å². The van der Waals surface area contributed by atoms with Crippen LogP contribution in [0.4, 0.5) is 11.5 Å². The first-order chi connectivity index (χ1) is 20.5. The van der Waals surface area contributed by atoms with E-state index in [0.717, 1.165) is 30.0 Å². The first kappa shape index (κ1) is 29.2. The molecule has 2 aromatic carbocycles. The zero-order chi connectivity index (χ0) is 29.5. The number of fused-ring (bicyclic) bond motifs is 2. The van der Waals surface area contributed by atoms with Crippen molar-refractivity contribution in [2.24, 2.45) is 0 Å². The van der Waals surface area contributed by atoms with E-state index in [1.165, 1.54) is 42.4 Å². The number of likely N-dealkylation sites (tertiary alicyclic amines) is 1. The molecule has 4 heterocycles. The van der Waals surface area contributed by atoms with Crippen molar-refractivity contribution in [1.82, 2.24) is 19.8 Å². The number of hydrogen-bond donors (Lipinski definition) is 0. The molecule has 0 N–H and O–H groups in total. The van der Waals surface area contributed by atoms with Crippen LogP contribution in [0.2, 0.25) is 0 Å². The SMILES string of the molecule is CC#CC(=O)N1CCN(c2nc(OC)nc3c2CCN(c2cccc4ccccc24)C3)CC1CC#N.CN1CCCC1. The van der Waals surface area contributed by atoms with Crippen LogP contribution in [0, 0.1) is 23.2 Å². The highest BCUT2D eigenvalue weighted by molar-refractivity contribution is 5.94. The number of ether oxygens (including phenoxy) is 1. The smallest absolute Gasteiger partial charge is 0.318 e. The zero-order valence-corrected chi connectivity index (χ0v) is 24.8. The quantitative estimate of drug-likeness (QED) is 0.441. The fourth-order valence-corrected chi connectivity index (χ4v) is 6.08. The molecule has 1 atom stereocenters. The van der Waals surface area contributed by atoms with Crippen LogP contribution >= 0.6 is 0 Å². The van der Waals surface area contributed by atoms with E-state index in [2.05, 4.69) is 82.1 Å². The Morgan fingerprint density at radius 3 is 2.52 bits per heavy atom. The maximum atomic E-state index is 12.5. The Morgan fingerprint density at radius 1 is 1.02 bits per heavy atom. The van der Waals surface area contributed by atoms with Crippen LogP contribution in [0.5, 0.6) is 6.01 Å². The lowest BCUT2D eigenvalue weighted by Crippen LogP contribution is -2.55. The van der Waals surface area contributed by atoms with Crippen molar-refractivity contribution in [2.45, 2.75) is 45.2 Å². The fourth-order valence-electron chi connectivity index (χ4n) is 6.08. The van der Waals surface area contributed by atoms with Crippen molar-refractivity contribution in [3.05, 3.63) is 53.7 Å². The molecule has 42 heavy (non-hydrogen) atoms. The van der Waals surface area contributed by atoms with Gasteiger partial charge in [-0.15, -0.1) is 0 Å². The van der Waals surface area contributed by atoms with Crippen molar-refractivity contribution in [3.8, 4) is 23.9 Å². The van der Waals surface area contributed by atoms with Crippen LogP contribution in [-0.4, -0.2) is 85.1 Å². The molecule has 0 aliphatic carbocycles. The first-order valence-corrected chi connectivity index (χ1v) is 14.7. The van der Waals surface area contributed by atoms with Crippen molar-refractivity contribution in [2.75, 3.05) is 63.2 Å². The number of hydrogen-bond acceptors (Lipinski definition) is 8. The molecule has 2 saturated heterocycles. The average Bonchev–Trinajstić information content (AvgIpc) is 3.51. The molecule has 2 fully saturated rings. The number of nitriles is 1. The summed E-state index contributed by atoms with van der Waals surface area (Å²) in [6, 6.07) is 17.1. The molecule has 6 rings (SSSR count). The number of carbonyl (C=O) groups excluding carboxylic acids is 1. The Kier molecular flexibility index (Phi) is 9.41. The maximum absolute atomic E-state index is 12.5. The van der Waals surface area contributed by atoms with Gasteiger partial charge >= 0.3 is 6.01 Å². The molecule has 1 unspecified atom stereocenters. The third-order valence-corrected chi connectivity index (χ3v) is 8.24. The van der Waals surface area contributed by atoms with Gasteiger partial charge < -0.3 is 24.3 Å². The molecule has 3 aromatic rings. The molecular weight excluding hydrogens is 526 g/mol. The molecular formula is C33H39N7O2.